The van der Waals surface area contributed by atoms with Crippen LogP contribution in [0.5, 0.6) is 0 Å². The number of aryl methyl sites for hydroxylation is 1. The van der Waals surface area contributed by atoms with Gasteiger partial charge in [0.1, 0.15) is 0 Å². The molecule has 22 heavy (non-hydrogen) atoms. The minimum absolute atomic E-state index is 0.233. The Morgan fingerprint density at radius 2 is 1.32 bits per heavy atom. The highest BCUT2D eigenvalue weighted by molar-refractivity contribution is 7.86. The topological polar surface area (TPSA) is 52.6 Å². The molecule has 0 saturated heterocycles. The molecule has 0 atom stereocenters. The summed E-state index contributed by atoms with van der Waals surface area (Å²) < 4.78 is 34.0. The van der Waals surface area contributed by atoms with Gasteiger partial charge in [-0.3, -0.25) is 4.18 Å². The fraction of sp³-hybridized carbons (Fsp3) is 0.647. The van der Waals surface area contributed by atoms with E-state index in [0.717, 1.165) is 37.9 Å². The largest absolute Gasteiger partial charge is 0.385 e. The first-order chi connectivity index (χ1) is 10.6. The molecule has 0 N–H and O–H groups in total. The van der Waals surface area contributed by atoms with Crippen molar-refractivity contribution >= 4 is 10.1 Å². The first-order valence-electron chi connectivity index (χ1n) is 8.01. The molecule has 0 bridgehead atoms. The Morgan fingerprint density at radius 3 is 1.86 bits per heavy atom. The average molecular weight is 328 g/mol. The van der Waals surface area contributed by atoms with Crippen molar-refractivity contribution in [3.8, 4) is 0 Å². The van der Waals surface area contributed by atoms with E-state index in [-0.39, 0.29) is 11.5 Å². The Balaban J connectivity index is 2.10. The van der Waals surface area contributed by atoms with Crippen molar-refractivity contribution in [1.82, 2.24) is 0 Å². The number of hydrogen-bond donors (Lipinski definition) is 0. The molecule has 0 aromatic heterocycles. The van der Waals surface area contributed by atoms with Gasteiger partial charge in [-0.05, 0) is 31.9 Å². The zero-order chi connectivity index (χ0) is 16.3. The van der Waals surface area contributed by atoms with Crippen LogP contribution in [0.4, 0.5) is 0 Å². The number of rotatable bonds is 12. The van der Waals surface area contributed by atoms with E-state index in [4.69, 9.17) is 8.92 Å². The second-order valence-electron chi connectivity index (χ2n) is 5.56. The summed E-state index contributed by atoms with van der Waals surface area (Å²) in [5.41, 5.74) is 1.03. The van der Waals surface area contributed by atoms with Crippen LogP contribution in [0.25, 0.3) is 0 Å². The van der Waals surface area contributed by atoms with Crippen molar-refractivity contribution in [1.29, 1.82) is 0 Å². The summed E-state index contributed by atoms with van der Waals surface area (Å²) in [5, 5.41) is 0. The van der Waals surface area contributed by atoms with Gasteiger partial charge in [0.25, 0.3) is 10.1 Å². The van der Waals surface area contributed by atoms with Gasteiger partial charge in [0, 0.05) is 13.7 Å². The van der Waals surface area contributed by atoms with Crippen LogP contribution in [0, 0.1) is 6.92 Å². The molecule has 5 heteroatoms. The van der Waals surface area contributed by atoms with Crippen molar-refractivity contribution in [3.63, 3.8) is 0 Å². The van der Waals surface area contributed by atoms with Gasteiger partial charge < -0.3 is 4.74 Å². The number of ether oxygens (including phenoxy) is 1. The normalized spacial score (nSPS) is 11.7. The third-order valence-electron chi connectivity index (χ3n) is 3.54. The number of unbranched alkanes of at least 4 members (excludes halogenated alkanes) is 6. The molecule has 126 valence electrons. The van der Waals surface area contributed by atoms with E-state index in [1.54, 1.807) is 31.4 Å². The third-order valence-corrected chi connectivity index (χ3v) is 4.87. The van der Waals surface area contributed by atoms with Gasteiger partial charge in [-0.25, -0.2) is 0 Å². The lowest BCUT2D eigenvalue weighted by Gasteiger charge is -2.06. The first-order valence-corrected chi connectivity index (χ1v) is 9.42. The van der Waals surface area contributed by atoms with Gasteiger partial charge >= 0.3 is 0 Å². The molecule has 0 aliphatic rings. The Hall–Kier alpha value is -0.910. The van der Waals surface area contributed by atoms with Gasteiger partial charge in [-0.2, -0.15) is 8.42 Å². The lowest BCUT2D eigenvalue weighted by molar-refractivity contribution is 0.192. The monoisotopic (exact) mass is 328 g/mol. The lowest BCUT2D eigenvalue weighted by Crippen LogP contribution is -2.07. The molecule has 1 aromatic carbocycles. The zero-order valence-electron chi connectivity index (χ0n) is 13.7. The predicted octanol–water partition coefficient (Wildman–Crippen LogP) is 4.08. The van der Waals surface area contributed by atoms with Crippen LogP contribution >= 0.6 is 0 Å². The molecule has 0 fully saturated rings. The summed E-state index contributed by atoms with van der Waals surface area (Å²) in [6, 6.07) is 6.73. The van der Waals surface area contributed by atoms with Crippen LogP contribution in [0.1, 0.15) is 50.5 Å². The Bertz CT molecular complexity index is 494. The molecule has 1 aromatic rings. The van der Waals surface area contributed by atoms with Gasteiger partial charge in [-0.15, -0.1) is 0 Å². The smallest absolute Gasteiger partial charge is 0.296 e. The fourth-order valence-corrected chi connectivity index (χ4v) is 3.12. The van der Waals surface area contributed by atoms with Gasteiger partial charge in [-0.1, -0.05) is 49.8 Å². The summed E-state index contributed by atoms with van der Waals surface area (Å²) >= 11 is 0. The predicted molar refractivity (Wildman–Crippen MR) is 88.5 cm³/mol. The van der Waals surface area contributed by atoms with Crippen LogP contribution in [0.15, 0.2) is 29.2 Å². The van der Waals surface area contributed by atoms with Gasteiger partial charge in [0.2, 0.25) is 0 Å². The maximum absolute atomic E-state index is 11.9. The molecule has 1 rings (SSSR count). The van der Waals surface area contributed by atoms with Crippen LogP contribution in [0.3, 0.4) is 0 Å². The van der Waals surface area contributed by atoms with Crippen molar-refractivity contribution in [2.75, 3.05) is 20.3 Å². The maximum Gasteiger partial charge on any atom is 0.296 e. The van der Waals surface area contributed by atoms with Crippen LogP contribution < -0.4 is 0 Å². The quantitative estimate of drug-likeness (QED) is 0.428. The molecule has 0 heterocycles. The number of methoxy groups -OCH3 is 1. The Labute approximate surface area is 135 Å². The van der Waals surface area contributed by atoms with Crippen molar-refractivity contribution in [2.45, 2.75) is 56.8 Å². The highest BCUT2D eigenvalue weighted by Crippen LogP contribution is 2.14. The number of hydrogen-bond acceptors (Lipinski definition) is 4. The summed E-state index contributed by atoms with van der Waals surface area (Å²) in [6.07, 6.45) is 7.64. The van der Waals surface area contributed by atoms with E-state index in [0.29, 0.717) is 0 Å². The molecular formula is C17H28O4S. The summed E-state index contributed by atoms with van der Waals surface area (Å²) in [5.74, 6) is 0. The zero-order valence-corrected chi connectivity index (χ0v) is 14.5. The third kappa shape index (κ3) is 7.92. The van der Waals surface area contributed by atoms with Gasteiger partial charge in [0.15, 0.2) is 0 Å². The van der Waals surface area contributed by atoms with E-state index in [9.17, 15) is 8.42 Å². The second kappa shape index (κ2) is 10.8. The van der Waals surface area contributed by atoms with Gasteiger partial charge in [0.05, 0.1) is 11.5 Å². The summed E-state index contributed by atoms with van der Waals surface area (Å²) in [4.78, 5) is 0.233. The minimum Gasteiger partial charge on any atom is -0.385 e. The molecule has 0 unspecified atom stereocenters. The Kier molecular flexibility index (Phi) is 9.36. The van der Waals surface area contributed by atoms with Crippen molar-refractivity contribution in [2.24, 2.45) is 0 Å². The van der Waals surface area contributed by atoms with E-state index < -0.39 is 10.1 Å². The van der Waals surface area contributed by atoms with Crippen molar-refractivity contribution < 1.29 is 17.3 Å². The minimum atomic E-state index is -3.60. The van der Waals surface area contributed by atoms with E-state index in [2.05, 4.69) is 0 Å². The van der Waals surface area contributed by atoms with E-state index in [1.807, 2.05) is 6.92 Å². The summed E-state index contributed by atoms with van der Waals surface area (Å²) in [7, 11) is -1.87. The standard InChI is InChI=1S/C17H28O4S/c1-16-10-12-17(13-11-16)22(18,19)21-15-9-7-5-3-4-6-8-14-20-2/h10-13H,3-9,14-15H2,1-2H3. The lowest BCUT2D eigenvalue weighted by atomic mass is 10.1. The Morgan fingerprint density at radius 1 is 0.818 bits per heavy atom. The molecular weight excluding hydrogens is 300 g/mol. The molecule has 0 radical (unpaired) electrons. The fourth-order valence-electron chi connectivity index (χ4n) is 2.17. The number of benzene rings is 1. The summed E-state index contributed by atoms with van der Waals surface area (Å²) in [6.45, 7) is 3.02. The van der Waals surface area contributed by atoms with Crippen LogP contribution in [0.2, 0.25) is 0 Å². The maximum atomic E-state index is 11.9. The molecule has 4 nitrogen and oxygen atoms in total. The molecule has 0 amide bonds. The highest BCUT2D eigenvalue weighted by atomic mass is 32.2. The van der Waals surface area contributed by atoms with Crippen LogP contribution in [-0.2, 0) is 19.0 Å². The van der Waals surface area contributed by atoms with E-state index >= 15 is 0 Å². The first kappa shape index (κ1) is 19.1. The van der Waals surface area contributed by atoms with E-state index in [1.165, 1.54) is 19.3 Å². The molecule has 0 saturated carbocycles. The van der Waals surface area contributed by atoms with Crippen molar-refractivity contribution in [3.05, 3.63) is 29.8 Å². The molecule has 0 aliphatic carbocycles. The van der Waals surface area contributed by atoms with Crippen LogP contribution in [-0.4, -0.2) is 28.7 Å². The SMILES string of the molecule is COCCCCCCCCCOS(=O)(=O)c1ccc(C)cc1. The average Bonchev–Trinajstić information content (AvgIpc) is 2.49. The highest BCUT2D eigenvalue weighted by Gasteiger charge is 2.14. The second-order valence-corrected chi connectivity index (χ2v) is 7.17. The molecule has 0 aliphatic heterocycles. The molecule has 0 spiro atoms.